The van der Waals surface area contributed by atoms with Crippen LogP contribution >= 0.6 is 0 Å². The van der Waals surface area contributed by atoms with Gasteiger partial charge in [0.25, 0.3) is 0 Å². The SMILES string of the molecule is CC(C)[C@H](N=CB=O)C(=O)OC[C@H]1OC[C@@H](n2ccc(N)nc2=O)O1. The number of rotatable bonds is 7. The molecule has 3 atom stereocenters. The molecular formula is C14H19BN4O6. The van der Waals surface area contributed by atoms with Gasteiger partial charge in [-0.3, -0.25) is 0 Å². The Morgan fingerprint density at radius 3 is 3.04 bits per heavy atom. The summed E-state index contributed by atoms with van der Waals surface area (Å²) < 4.78 is 27.6. The van der Waals surface area contributed by atoms with Crippen molar-refractivity contribution in [2.45, 2.75) is 32.4 Å². The molecule has 10 nitrogen and oxygen atoms in total. The van der Waals surface area contributed by atoms with Gasteiger partial charge in [-0.15, -0.1) is 0 Å². The van der Waals surface area contributed by atoms with Crippen LogP contribution in [0.3, 0.4) is 0 Å². The molecule has 1 aliphatic heterocycles. The Hall–Kier alpha value is -2.40. The average Bonchev–Trinajstić information content (AvgIpc) is 3.01. The quantitative estimate of drug-likeness (QED) is 0.389. The van der Waals surface area contributed by atoms with E-state index in [2.05, 4.69) is 9.98 Å². The summed E-state index contributed by atoms with van der Waals surface area (Å²) in [5, 5.41) is 0. The molecule has 134 valence electrons. The van der Waals surface area contributed by atoms with Gasteiger partial charge in [0.15, 0.2) is 0 Å². The fraction of sp³-hybridized carbons (Fsp3) is 0.571. The molecule has 0 unspecified atom stereocenters. The van der Waals surface area contributed by atoms with Crippen molar-refractivity contribution in [1.82, 2.24) is 9.55 Å². The number of hydrogen-bond donors (Lipinski definition) is 1. The number of esters is 1. The van der Waals surface area contributed by atoms with E-state index < -0.39 is 30.2 Å². The van der Waals surface area contributed by atoms with Crippen molar-refractivity contribution in [2.24, 2.45) is 10.9 Å². The van der Waals surface area contributed by atoms with Gasteiger partial charge in [0.05, 0.1) is 0 Å². The number of nitrogens with zero attached hydrogens (tertiary/aromatic N) is 3. The van der Waals surface area contributed by atoms with Crippen molar-refractivity contribution in [3.8, 4) is 0 Å². The summed E-state index contributed by atoms with van der Waals surface area (Å²) in [7, 11) is 0.495. The molecule has 2 heterocycles. The number of nitrogens with two attached hydrogens (primary N) is 1. The van der Waals surface area contributed by atoms with E-state index in [1.807, 2.05) is 0 Å². The number of aromatic nitrogens is 2. The van der Waals surface area contributed by atoms with Crippen LogP contribution in [0.1, 0.15) is 20.1 Å². The number of carbonyl (C=O) groups excluding carboxylic acids is 1. The van der Waals surface area contributed by atoms with Crippen LogP contribution in [-0.2, 0) is 23.7 Å². The molecule has 0 radical (unpaired) electrons. The maximum atomic E-state index is 12.0. The van der Waals surface area contributed by atoms with E-state index in [9.17, 15) is 14.3 Å². The van der Waals surface area contributed by atoms with E-state index in [0.29, 0.717) is 7.15 Å². The van der Waals surface area contributed by atoms with E-state index >= 15 is 0 Å². The summed E-state index contributed by atoms with van der Waals surface area (Å²) in [6.07, 6.45) is 0.973. The van der Waals surface area contributed by atoms with Crippen LogP contribution in [0.2, 0.25) is 0 Å². The summed E-state index contributed by atoms with van der Waals surface area (Å²) >= 11 is 0. The number of hydrogen-bond acceptors (Lipinski definition) is 9. The number of ether oxygens (including phenoxy) is 3. The first kappa shape index (κ1) is 18.9. The first-order chi connectivity index (χ1) is 11.9. The van der Waals surface area contributed by atoms with Gasteiger partial charge in [0.2, 0.25) is 0 Å². The van der Waals surface area contributed by atoms with Gasteiger partial charge >= 0.3 is 132 Å². The van der Waals surface area contributed by atoms with E-state index in [1.54, 1.807) is 13.8 Å². The molecule has 25 heavy (non-hydrogen) atoms. The molecule has 0 amide bonds. The molecular weight excluding hydrogens is 331 g/mol. The number of anilines is 1. The average molecular weight is 350 g/mol. The predicted molar refractivity (Wildman–Crippen MR) is 87.3 cm³/mol. The van der Waals surface area contributed by atoms with E-state index in [-0.39, 0.29) is 24.9 Å². The zero-order valence-corrected chi connectivity index (χ0v) is 13.9. The molecule has 0 aliphatic carbocycles. The molecule has 11 heteroatoms. The van der Waals surface area contributed by atoms with Gasteiger partial charge in [-0.25, -0.2) is 0 Å². The molecule has 0 aromatic carbocycles. The molecule has 2 N–H and O–H groups in total. The standard InChI is InChI=1S/C14H19BN4O6/c1-8(2)12(17-7-15-22)13(20)24-6-11-23-5-10(25-11)19-4-3-9(16)18-14(19)21/h3-4,7-8,10-12H,5-6H2,1-2H3,(H2,16,18,21)/t10-,11-,12-/m0/s1. The predicted octanol–water partition coefficient (Wildman–Crippen LogP) is -0.657. The normalized spacial score (nSPS) is 21.4. The van der Waals surface area contributed by atoms with Crippen molar-refractivity contribution in [3.63, 3.8) is 0 Å². The summed E-state index contributed by atoms with van der Waals surface area (Å²) in [4.78, 5) is 31.3. The van der Waals surface area contributed by atoms with Crippen molar-refractivity contribution >= 4 is 25.1 Å². The first-order valence-electron chi connectivity index (χ1n) is 7.67. The van der Waals surface area contributed by atoms with Crippen molar-refractivity contribution < 1.29 is 23.7 Å². The zero-order valence-electron chi connectivity index (χ0n) is 13.9. The zero-order chi connectivity index (χ0) is 18.4. The second kappa shape index (κ2) is 8.63. The van der Waals surface area contributed by atoms with Gasteiger partial charge in [0.1, 0.15) is 5.82 Å². The molecule has 0 spiro atoms. The molecule has 1 aromatic rings. The third-order valence-electron chi connectivity index (χ3n) is 3.44. The Bertz CT molecular complexity index is 707. The topological polar surface area (TPSA) is 135 Å². The second-order valence-corrected chi connectivity index (χ2v) is 5.65. The van der Waals surface area contributed by atoms with Gasteiger partial charge in [0, 0.05) is 0 Å². The Kier molecular flexibility index (Phi) is 6.54. The van der Waals surface area contributed by atoms with Gasteiger partial charge in [-0.2, -0.15) is 0 Å². The molecule has 0 saturated carbocycles. The van der Waals surface area contributed by atoms with Crippen LogP contribution in [0.15, 0.2) is 22.1 Å². The summed E-state index contributed by atoms with van der Waals surface area (Å²) in [6.45, 7) is 3.51. The number of carbonyl (C=O) groups is 1. The van der Waals surface area contributed by atoms with Crippen LogP contribution in [0.5, 0.6) is 0 Å². The number of nitrogen functional groups attached to an aromatic ring is 1. The summed E-state index contributed by atoms with van der Waals surface area (Å²) in [6, 6.07) is 0.683. The second-order valence-electron chi connectivity index (χ2n) is 5.65. The van der Waals surface area contributed by atoms with Crippen molar-refractivity contribution in [1.29, 1.82) is 0 Å². The molecule has 0 bridgehead atoms. The van der Waals surface area contributed by atoms with Crippen molar-refractivity contribution in [3.05, 3.63) is 22.7 Å². The van der Waals surface area contributed by atoms with Gasteiger partial charge in [-0.1, -0.05) is 0 Å². The van der Waals surface area contributed by atoms with Crippen LogP contribution in [0.25, 0.3) is 0 Å². The molecule has 2 rings (SSSR count). The molecule has 1 aromatic heterocycles. The summed E-state index contributed by atoms with van der Waals surface area (Å²) in [5.41, 5.74) is 4.87. The fourth-order valence-corrected chi connectivity index (χ4v) is 2.19. The van der Waals surface area contributed by atoms with Crippen LogP contribution in [0.4, 0.5) is 5.82 Å². The van der Waals surface area contributed by atoms with Crippen LogP contribution < -0.4 is 11.4 Å². The van der Waals surface area contributed by atoms with E-state index in [4.69, 9.17) is 19.9 Å². The Balaban J connectivity index is 1.90. The van der Waals surface area contributed by atoms with Crippen LogP contribution in [0, 0.1) is 5.92 Å². The van der Waals surface area contributed by atoms with Crippen LogP contribution in [-0.4, -0.2) is 54.3 Å². The molecule has 1 saturated heterocycles. The minimum absolute atomic E-state index is 0.102. The fourth-order valence-electron chi connectivity index (χ4n) is 2.19. The Morgan fingerprint density at radius 1 is 1.64 bits per heavy atom. The van der Waals surface area contributed by atoms with Gasteiger partial charge < -0.3 is 5.73 Å². The minimum atomic E-state index is -0.818. The van der Waals surface area contributed by atoms with Gasteiger partial charge in [-0.05, 0) is 0 Å². The number of aliphatic imine (C=N–C) groups is 1. The third-order valence-corrected chi connectivity index (χ3v) is 3.44. The molecule has 1 aliphatic rings. The summed E-state index contributed by atoms with van der Waals surface area (Å²) in [5.74, 6) is -0.613. The monoisotopic (exact) mass is 350 g/mol. The Labute approximate surface area is 144 Å². The third kappa shape index (κ3) is 5.04. The van der Waals surface area contributed by atoms with E-state index in [0.717, 1.165) is 6.11 Å². The first-order valence-corrected chi connectivity index (χ1v) is 7.67. The molecule has 1 fully saturated rings. The van der Waals surface area contributed by atoms with Crippen molar-refractivity contribution in [2.75, 3.05) is 18.9 Å². The van der Waals surface area contributed by atoms with E-state index in [1.165, 1.54) is 16.8 Å². The Morgan fingerprint density at radius 2 is 2.40 bits per heavy atom. The maximum absolute atomic E-state index is 12.0.